The molecule has 62 valence electrons. The number of nitrogens with one attached hydrogen (secondary N) is 1. The second-order valence-corrected chi connectivity index (χ2v) is 4.09. The number of hydrogen-bond acceptors (Lipinski definition) is 2. The zero-order valence-corrected chi connectivity index (χ0v) is 8.75. The van der Waals surface area contributed by atoms with Crippen molar-refractivity contribution in [1.82, 2.24) is 5.32 Å². The summed E-state index contributed by atoms with van der Waals surface area (Å²) in [6.45, 7) is 2.15. The minimum Gasteiger partial charge on any atom is -0.316 e. The summed E-state index contributed by atoms with van der Waals surface area (Å²) in [6.07, 6.45) is 1.16. The first-order valence-corrected chi connectivity index (χ1v) is 5.72. The molecule has 0 unspecified atom stereocenters. The maximum Gasteiger partial charge on any atom is 0.0157 e. The Balaban J connectivity index is 2.04. The molecule has 1 rings (SSSR count). The topological polar surface area (TPSA) is 12.0 Å². The fourth-order valence-electron chi connectivity index (χ4n) is 0.858. The number of alkyl halides is 1. The Morgan fingerprint density at radius 1 is 1.45 bits per heavy atom. The highest BCUT2D eigenvalue weighted by Gasteiger charge is 1.91. The maximum absolute atomic E-state index is 3.37. The summed E-state index contributed by atoms with van der Waals surface area (Å²) in [7, 11) is 0. The zero-order valence-electron chi connectivity index (χ0n) is 6.35. The van der Waals surface area contributed by atoms with Crippen LogP contribution in [0.15, 0.2) is 17.5 Å². The molecular weight excluding hydrogens is 222 g/mol. The number of hydrogen-bond donors (Lipinski definition) is 1. The first kappa shape index (κ1) is 9.23. The van der Waals surface area contributed by atoms with Gasteiger partial charge in [-0.05, 0) is 24.4 Å². The van der Waals surface area contributed by atoms with Gasteiger partial charge in [-0.1, -0.05) is 22.0 Å². The van der Waals surface area contributed by atoms with E-state index < -0.39 is 0 Å². The average Bonchev–Trinajstić information content (AvgIpc) is 2.50. The quantitative estimate of drug-likeness (QED) is 0.608. The van der Waals surface area contributed by atoms with Gasteiger partial charge in [0.15, 0.2) is 0 Å². The molecule has 1 aromatic rings. The summed E-state index contributed by atoms with van der Waals surface area (Å²) in [4.78, 5) is 1.46. The lowest BCUT2D eigenvalue weighted by Gasteiger charge is -1.98. The molecule has 0 amide bonds. The van der Waals surface area contributed by atoms with E-state index in [4.69, 9.17) is 0 Å². The summed E-state index contributed by atoms with van der Waals surface area (Å²) in [5.74, 6) is 0. The molecule has 1 heterocycles. The van der Waals surface area contributed by atoms with Crippen molar-refractivity contribution in [3.63, 3.8) is 0 Å². The molecule has 1 aromatic heterocycles. The predicted octanol–water partition coefficient (Wildman–Crippen LogP) is 2.28. The lowest BCUT2D eigenvalue weighted by Crippen LogP contribution is -2.18. The molecule has 0 bridgehead atoms. The average molecular weight is 234 g/mol. The SMILES string of the molecule is BrCCNCCc1cccs1. The molecule has 0 aliphatic rings. The normalized spacial score (nSPS) is 10.3. The molecule has 1 nitrogen and oxygen atoms in total. The summed E-state index contributed by atoms with van der Waals surface area (Å²) < 4.78 is 0. The molecule has 0 atom stereocenters. The van der Waals surface area contributed by atoms with Crippen LogP contribution in [0.3, 0.4) is 0 Å². The second-order valence-electron chi connectivity index (χ2n) is 2.27. The van der Waals surface area contributed by atoms with Crippen LogP contribution in [0.25, 0.3) is 0 Å². The summed E-state index contributed by atoms with van der Waals surface area (Å²) in [5, 5.41) is 6.50. The molecule has 0 aliphatic carbocycles. The van der Waals surface area contributed by atoms with Crippen LogP contribution >= 0.6 is 27.3 Å². The van der Waals surface area contributed by atoms with Gasteiger partial charge in [-0.3, -0.25) is 0 Å². The fraction of sp³-hybridized carbons (Fsp3) is 0.500. The van der Waals surface area contributed by atoms with Gasteiger partial charge in [-0.15, -0.1) is 11.3 Å². The van der Waals surface area contributed by atoms with Crippen LogP contribution in [-0.4, -0.2) is 18.4 Å². The van der Waals surface area contributed by atoms with Crippen LogP contribution in [0, 0.1) is 0 Å². The van der Waals surface area contributed by atoms with Gasteiger partial charge in [-0.25, -0.2) is 0 Å². The number of halogens is 1. The molecule has 0 saturated heterocycles. The van der Waals surface area contributed by atoms with E-state index >= 15 is 0 Å². The van der Waals surface area contributed by atoms with Crippen molar-refractivity contribution in [2.24, 2.45) is 0 Å². The molecule has 0 spiro atoms. The van der Waals surface area contributed by atoms with Crippen LogP contribution in [0.5, 0.6) is 0 Å². The predicted molar refractivity (Wildman–Crippen MR) is 54.7 cm³/mol. The van der Waals surface area contributed by atoms with Crippen molar-refractivity contribution >= 4 is 27.3 Å². The zero-order chi connectivity index (χ0) is 7.94. The van der Waals surface area contributed by atoms with Crippen LogP contribution in [0.4, 0.5) is 0 Å². The van der Waals surface area contributed by atoms with E-state index in [-0.39, 0.29) is 0 Å². The van der Waals surface area contributed by atoms with E-state index in [0.29, 0.717) is 0 Å². The maximum atomic E-state index is 3.37. The molecule has 1 N–H and O–H groups in total. The Labute approximate surface area is 79.9 Å². The van der Waals surface area contributed by atoms with Crippen LogP contribution in [0.2, 0.25) is 0 Å². The number of thiophene rings is 1. The van der Waals surface area contributed by atoms with Crippen LogP contribution in [-0.2, 0) is 6.42 Å². The van der Waals surface area contributed by atoms with Crippen LogP contribution in [0.1, 0.15) is 4.88 Å². The molecule has 0 aromatic carbocycles. The van der Waals surface area contributed by atoms with Gasteiger partial charge < -0.3 is 5.32 Å². The van der Waals surface area contributed by atoms with Gasteiger partial charge in [-0.2, -0.15) is 0 Å². The molecular formula is C8H12BrNS. The Hall–Kier alpha value is 0.140. The van der Waals surface area contributed by atoms with Gasteiger partial charge in [0.2, 0.25) is 0 Å². The van der Waals surface area contributed by atoms with Crippen molar-refractivity contribution in [2.45, 2.75) is 6.42 Å². The summed E-state index contributed by atoms with van der Waals surface area (Å²) in [5.41, 5.74) is 0. The Morgan fingerprint density at radius 2 is 2.36 bits per heavy atom. The van der Waals surface area contributed by atoms with Crippen molar-refractivity contribution < 1.29 is 0 Å². The first-order valence-electron chi connectivity index (χ1n) is 3.72. The summed E-state index contributed by atoms with van der Waals surface area (Å²) in [6, 6.07) is 4.28. The van der Waals surface area contributed by atoms with E-state index in [2.05, 4.69) is 38.8 Å². The monoisotopic (exact) mass is 233 g/mol. The second kappa shape index (κ2) is 5.75. The van der Waals surface area contributed by atoms with E-state index in [1.165, 1.54) is 4.88 Å². The molecule has 0 radical (unpaired) electrons. The van der Waals surface area contributed by atoms with Crippen molar-refractivity contribution in [2.75, 3.05) is 18.4 Å². The number of rotatable bonds is 5. The Morgan fingerprint density at radius 3 is 3.00 bits per heavy atom. The minimum atomic E-state index is 1.04. The fourth-order valence-corrected chi connectivity index (χ4v) is 1.85. The van der Waals surface area contributed by atoms with Gasteiger partial charge in [0, 0.05) is 16.8 Å². The minimum absolute atomic E-state index is 1.04. The van der Waals surface area contributed by atoms with E-state index in [9.17, 15) is 0 Å². The van der Waals surface area contributed by atoms with E-state index in [0.717, 1.165) is 24.8 Å². The molecule has 0 fully saturated rings. The highest BCUT2D eigenvalue weighted by molar-refractivity contribution is 9.09. The van der Waals surface area contributed by atoms with Gasteiger partial charge in [0.25, 0.3) is 0 Å². The largest absolute Gasteiger partial charge is 0.316 e. The molecule has 3 heteroatoms. The van der Waals surface area contributed by atoms with Crippen molar-refractivity contribution in [3.8, 4) is 0 Å². The third kappa shape index (κ3) is 3.89. The van der Waals surface area contributed by atoms with Gasteiger partial charge in [0.1, 0.15) is 0 Å². The standard InChI is InChI=1S/C8H12BrNS/c9-4-6-10-5-3-8-2-1-7-11-8/h1-2,7,10H,3-6H2. The van der Waals surface area contributed by atoms with Crippen molar-refractivity contribution in [1.29, 1.82) is 0 Å². The molecule has 11 heavy (non-hydrogen) atoms. The third-order valence-electron chi connectivity index (χ3n) is 1.40. The third-order valence-corrected chi connectivity index (χ3v) is 2.73. The lowest BCUT2D eigenvalue weighted by molar-refractivity contribution is 0.727. The highest BCUT2D eigenvalue weighted by atomic mass is 79.9. The Kier molecular flexibility index (Phi) is 4.82. The van der Waals surface area contributed by atoms with E-state index in [1.54, 1.807) is 0 Å². The summed E-state index contributed by atoms with van der Waals surface area (Å²) >= 11 is 5.20. The lowest BCUT2D eigenvalue weighted by atomic mass is 10.3. The van der Waals surface area contributed by atoms with Crippen molar-refractivity contribution in [3.05, 3.63) is 22.4 Å². The molecule has 0 saturated carbocycles. The highest BCUT2D eigenvalue weighted by Crippen LogP contribution is 2.07. The molecule has 0 aliphatic heterocycles. The van der Waals surface area contributed by atoms with Gasteiger partial charge in [0.05, 0.1) is 0 Å². The van der Waals surface area contributed by atoms with E-state index in [1.807, 2.05) is 11.3 Å². The van der Waals surface area contributed by atoms with Gasteiger partial charge >= 0.3 is 0 Å². The van der Waals surface area contributed by atoms with Crippen LogP contribution < -0.4 is 5.32 Å². The first-order chi connectivity index (χ1) is 5.43. The Bertz CT molecular complexity index is 174. The smallest absolute Gasteiger partial charge is 0.0157 e.